The Bertz CT molecular complexity index is 632. The van der Waals surface area contributed by atoms with Crippen molar-refractivity contribution in [1.29, 1.82) is 0 Å². The quantitative estimate of drug-likeness (QED) is 0.710. The van der Waals surface area contributed by atoms with E-state index in [2.05, 4.69) is 20.9 Å². The van der Waals surface area contributed by atoms with Gasteiger partial charge in [0.25, 0.3) is 5.56 Å². The minimum absolute atomic E-state index is 0.177. The summed E-state index contributed by atoms with van der Waals surface area (Å²) in [5, 5.41) is 17.0. The Balaban J connectivity index is 2.46. The minimum atomic E-state index is -1.71. The van der Waals surface area contributed by atoms with Gasteiger partial charge in [-0.3, -0.25) is 14.3 Å². The van der Waals surface area contributed by atoms with E-state index in [0.29, 0.717) is 0 Å². The average molecular weight is 367 g/mol. The number of nitrogens with one attached hydrogen (secondary N) is 1. The molecule has 1 aromatic rings. The topological polar surface area (TPSA) is 95.3 Å². The summed E-state index contributed by atoms with van der Waals surface area (Å²) in [5.41, 5.74) is -1.16. The summed E-state index contributed by atoms with van der Waals surface area (Å²) in [6.45, 7) is -0.394. The Kier molecular flexibility index (Phi) is 4.84. The fourth-order valence-electron chi connectivity index (χ4n) is 1.95. The number of halogens is 2. The first-order valence-electron chi connectivity index (χ1n) is 5.70. The highest BCUT2D eigenvalue weighted by Crippen LogP contribution is 2.42. The summed E-state index contributed by atoms with van der Waals surface area (Å²) in [6, 6.07) is 0. The van der Waals surface area contributed by atoms with E-state index in [1.165, 1.54) is 17.3 Å². The van der Waals surface area contributed by atoms with E-state index < -0.39 is 40.8 Å². The van der Waals surface area contributed by atoms with Crippen LogP contribution in [0.2, 0.25) is 0 Å². The van der Waals surface area contributed by atoms with E-state index in [-0.39, 0.29) is 5.56 Å². The number of hydrogen-bond acceptors (Lipinski definition) is 5. The van der Waals surface area contributed by atoms with Crippen LogP contribution in [0.25, 0.3) is 6.08 Å². The van der Waals surface area contributed by atoms with Gasteiger partial charge in [-0.1, -0.05) is 15.9 Å². The minimum Gasteiger partial charge on any atom is -0.395 e. The molecule has 0 aromatic carbocycles. The molecule has 1 saturated heterocycles. The zero-order valence-electron chi connectivity index (χ0n) is 10.1. The van der Waals surface area contributed by atoms with Crippen LogP contribution >= 0.6 is 27.7 Å². The van der Waals surface area contributed by atoms with Gasteiger partial charge in [0.2, 0.25) is 0 Å². The van der Waals surface area contributed by atoms with Gasteiger partial charge in [0.15, 0.2) is 6.17 Å². The van der Waals surface area contributed by atoms with Crippen molar-refractivity contribution >= 4 is 33.8 Å². The second-order valence-corrected chi connectivity index (χ2v) is 6.12. The van der Waals surface area contributed by atoms with Crippen molar-refractivity contribution in [2.24, 2.45) is 0 Å². The number of H-pyrrole nitrogens is 1. The molecular formula is C11H12BrFN2O4S. The summed E-state index contributed by atoms with van der Waals surface area (Å²) in [5.74, 6) is 0. The second-order valence-electron chi connectivity index (χ2n) is 4.23. The molecule has 1 aliphatic heterocycles. The first-order valence-corrected chi connectivity index (χ1v) is 7.56. The fraction of sp³-hybridized carbons (Fsp3) is 0.455. The molecule has 1 fully saturated rings. The van der Waals surface area contributed by atoms with Crippen LogP contribution in [0.15, 0.2) is 20.8 Å². The number of aromatic amines is 1. The predicted octanol–water partition coefficient (Wildman–Crippen LogP) is 0.208. The number of aromatic nitrogens is 2. The molecule has 2 heterocycles. The largest absolute Gasteiger partial charge is 0.395 e. The third-order valence-electron chi connectivity index (χ3n) is 2.99. The van der Waals surface area contributed by atoms with Crippen LogP contribution in [-0.4, -0.2) is 43.9 Å². The Hall–Kier alpha value is -0.900. The number of alkyl halides is 1. The summed E-state index contributed by atoms with van der Waals surface area (Å²) >= 11 is 3.97. The van der Waals surface area contributed by atoms with Crippen LogP contribution in [0.4, 0.5) is 4.39 Å². The lowest BCUT2D eigenvalue weighted by Gasteiger charge is -2.16. The van der Waals surface area contributed by atoms with Crippen LogP contribution in [0.3, 0.4) is 0 Å². The number of rotatable bonds is 3. The zero-order chi connectivity index (χ0) is 14.9. The predicted molar refractivity (Wildman–Crippen MR) is 77.7 cm³/mol. The fourth-order valence-corrected chi connectivity index (χ4v) is 3.59. The molecule has 2 rings (SSSR count). The maximum absolute atomic E-state index is 14.0. The highest BCUT2D eigenvalue weighted by Gasteiger charge is 2.44. The second kappa shape index (κ2) is 6.25. The third-order valence-corrected chi connectivity index (χ3v) is 4.79. The Labute approximate surface area is 125 Å². The molecule has 9 heteroatoms. The number of aliphatic hydroxyl groups is 2. The van der Waals surface area contributed by atoms with Crippen molar-refractivity contribution in [3.63, 3.8) is 0 Å². The van der Waals surface area contributed by atoms with E-state index in [1.807, 2.05) is 0 Å². The molecule has 3 N–H and O–H groups in total. The van der Waals surface area contributed by atoms with Gasteiger partial charge in [-0.2, -0.15) is 0 Å². The van der Waals surface area contributed by atoms with Crippen molar-refractivity contribution in [3.8, 4) is 0 Å². The van der Waals surface area contributed by atoms with Gasteiger partial charge in [0.05, 0.1) is 17.4 Å². The molecule has 1 aliphatic rings. The van der Waals surface area contributed by atoms with E-state index >= 15 is 0 Å². The SMILES string of the molecule is O=c1[nH]c(=O)n([C@H]2S[C@H](CO)[C@@H](O)[C@@H]2F)cc1/C=C/Br. The Morgan fingerprint density at radius 1 is 1.55 bits per heavy atom. The molecule has 1 aromatic heterocycles. The van der Waals surface area contributed by atoms with Gasteiger partial charge in [-0.15, -0.1) is 11.8 Å². The average Bonchev–Trinajstić information content (AvgIpc) is 2.70. The Morgan fingerprint density at radius 2 is 2.25 bits per heavy atom. The summed E-state index contributed by atoms with van der Waals surface area (Å²) in [4.78, 5) is 26.8. The van der Waals surface area contributed by atoms with Crippen molar-refractivity contribution in [2.75, 3.05) is 6.61 Å². The molecular weight excluding hydrogens is 355 g/mol. The number of nitrogens with zero attached hydrogens (tertiary/aromatic N) is 1. The molecule has 0 aliphatic carbocycles. The van der Waals surface area contributed by atoms with Crippen LogP contribution in [0, 0.1) is 0 Å². The molecule has 0 radical (unpaired) electrons. The molecule has 0 amide bonds. The monoisotopic (exact) mass is 366 g/mol. The van der Waals surface area contributed by atoms with Crippen molar-refractivity contribution in [1.82, 2.24) is 9.55 Å². The molecule has 6 nitrogen and oxygen atoms in total. The van der Waals surface area contributed by atoms with Crippen LogP contribution in [0.5, 0.6) is 0 Å². The van der Waals surface area contributed by atoms with Crippen molar-refractivity contribution in [3.05, 3.63) is 37.6 Å². The first-order chi connectivity index (χ1) is 9.49. The van der Waals surface area contributed by atoms with E-state index in [9.17, 15) is 19.1 Å². The number of aliphatic hydroxyl groups excluding tert-OH is 2. The summed E-state index contributed by atoms with van der Waals surface area (Å²) in [7, 11) is 0. The molecule has 20 heavy (non-hydrogen) atoms. The molecule has 4 atom stereocenters. The number of hydrogen-bond donors (Lipinski definition) is 3. The van der Waals surface area contributed by atoms with Crippen molar-refractivity contribution < 1.29 is 14.6 Å². The van der Waals surface area contributed by atoms with Gasteiger partial charge in [0.1, 0.15) is 11.5 Å². The van der Waals surface area contributed by atoms with Gasteiger partial charge < -0.3 is 10.2 Å². The molecule has 0 unspecified atom stereocenters. The summed E-state index contributed by atoms with van der Waals surface area (Å²) < 4.78 is 15.1. The first kappa shape index (κ1) is 15.5. The standard InChI is InChI=1S/C11H12BrFN2O4S/c12-2-1-5-3-15(11(19)14-9(5)18)10-7(13)8(17)6(4-16)20-10/h1-3,6-8,10,16-17H,4H2,(H,14,18,19)/b2-1+/t6-,7+,8-,10+/m1/s1. The van der Waals surface area contributed by atoms with Crippen LogP contribution in [-0.2, 0) is 0 Å². The maximum Gasteiger partial charge on any atom is 0.329 e. The Morgan fingerprint density at radius 3 is 2.80 bits per heavy atom. The van der Waals surface area contributed by atoms with Gasteiger partial charge in [-0.05, 0) is 11.1 Å². The lowest BCUT2D eigenvalue weighted by Crippen LogP contribution is -2.36. The lowest BCUT2D eigenvalue weighted by molar-refractivity contribution is 0.0631. The van der Waals surface area contributed by atoms with E-state index in [4.69, 9.17) is 5.11 Å². The zero-order valence-corrected chi connectivity index (χ0v) is 12.5. The highest BCUT2D eigenvalue weighted by atomic mass is 79.9. The maximum atomic E-state index is 14.0. The molecule has 0 bridgehead atoms. The highest BCUT2D eigenvalue weighted by molar-refractivity contribution is 9.11. The molecule has 0 spiro atoms. The smallest absolute Gasteiger partial charge is 0.329 e. The molecule has 110 valence electrons. The normalized spacial score (nSPS) is 30.2. The van der Waals surface area contributed by atoms with Crippen LogP contribution in [0.1, 0.15) is 10.9 Å². The molecule has 0 saturated carbocycles. The lowest BCUT2D eigenvalue weighted by atomic mass is 10.1. The number of thioether (sulfide) groups is 1. The third kappa shape index (κ3) is 2.76. The van der Waals surface area contributed by atoms with Gasteiger partial charge in [-0.25, -0.2) is 9.18 Å². The van der Waals surface area contributed by atoms with Gasteiger partial charge in [0, 0.05) is 6.20 Å². The summed E-state index contributed by atoms with van der Waals surface area (Å²) in [6.07, 6.45) is -0.414. The van der Waals surface area contributed by atoms with E-state index in [0.717, 1.165) is 16.3 Å². The van der Waals surface area contributed by atoms with Crippen molar-refractivity contribution in [2.45, 2.75) is 22.9 Å². The van der Waals surface area contributed by atoms with E-state index in [1.54, 1.807) is 0 Å². The van der Waals surface area contributed by atoms with Gasteiger partial charge >= 0.3 is 5.69 Å². The van der Waals surface area contributed by atoms with Crippen LogP contribution < -0.4 is 11.2 Å².